The van der Waals surface area contributed by atoms with Crippen LogP contribution in [0.2, 0.25) is 0 Å². The maximum atomic E-state index is 11.3. The molecule has 0 aliphatic heterocycles. The number of furan rings is 1. The van der Waals surface area contributed by atoms with Crippen molar-refractivity contribution < 1.29 is 14.3 Å². The first kappa shape index (κ1) is 17.0. The van der Waals surface area contributed by atoms with Crippen molar-refractivity contribution in [2.45, 2.75) is 0 Å². The van der Waals surface area contributed by atoms with Crippen LogP contribution in [0.4, 0.5) is 0 Å². The third kappa shape index (κ3) is 3.80. The van der Waals surface area contributed by atoms with E-state index in [1.165, 1.54) is 6.07 Å². The number of hydrogen-bond donors (Lipinski definition) is 1. The molecule has 25 heavy (non-hydrogen) atoms. The summed E-state index contributed by atoms with van der Waals surface area (Å²) in [5.41, 5.74) is 1.95. The van der Waals surface area contributed by atoms with Gasteiger partial charge < -0.3 is 9.52 Å². The van der Waals surface area contributed by atoms with Crippen molar-refractivity contribution in [2.24, 2.45) is 0 Å². The smallest absolute Gasteiger partial charge is 0.336 e. The molecule has 0 aliphatic rings. The van der Waals surface area contributed by atoms with Gasteiger partial charge in [0.25, 0.3) is 0 Å². The first-order valence-electron chi connectivity index (χ1n) is 7.39. The van der Waals surface area contributed by atoms with E-state index in [0.29, 0.717) is 22.7 Å². The zero-order valence-corrected chi connectivity index (χ0v) is 15.1. The van der Waals surface area contributed by atoms with Crippen molar-refractivity contribution in [3.63, 3.8) is 0 Å². The van der Waals surface area contributed by atoms with Crippen LogP contribution in [0.1, 0.15) is 21.7 Å². The third-order valence-corrected chi connectivity index (χ3v) is 4.33. The Morgan fingerprint density at radius 1 is 1.08 bits per heavy atom. The molecule has 1 heterocycles. The number of rotatable bonds is 4. The summed E-state index contributed by atoms with van der Waals surface area (Å²) in [6.45, 7) is 0. The lowest BCUT2D eigenvalue weighted by Crippen LogP contribution is -1.98. The van der Waals surface area contributed by atoms with Gasteiger partial charge in [-0.25, -0.2) is 4.79 Å². The van der Waals surface area contributed by atoms with Crippen LogP contribution in [0, 0.1) is 14.9 Å². The van der Waals surface area contributed by atoms with Crippen LogP contribution >= 0.6 is 22.6 Å². The van der Waals surface area contributed by atoms with Gasteiger partial charge in [-0.1, -0.05) is 30.3 Å². The van der Waals surface area contributed by atoms with E-state index < -0.39 is 5.97 Å². The molecule has 0 unspecified atom stereocenters. The molecule has 1 N–H and O–H groups in total. The van der Waals surface area contributed by atoms with E-state index in [0.717, 1.165) is 9.13 Å². The lowest BCUT2D eigenvalue weighted by Gasteiger charge is -2.02. The summed E-state index contributed by atoms with van der Waals surface area (Å²) in [6, 6.07) is 19.9. The number of nitriles is 1. The Kier molecular flexibility index (Phi) is 5.00. The van der Waals surface area contributed by atoms with Crippen LogP contribution in [0.3, 0.4) is 0 Å². The van der Waals surface area contributed by atoms with E-state index in [4.69, 9.17) is 4.42 Å². The molecular formula is C20H12INO3. The minimum atomic E-state index is -1.01. The van der Waals surface area contributed by atoms with Gasteiger partial charge in [-0.15, -0.1) is 0 Å². The van der Waals surface area contributed by atoms with Crippen LogP contribution in [-0.4, -0.2) is 11.1 Å². The zero-order chi connectivity index (χ0) is 17.8. The van der Waals surface area contributed by atoms with E-state index in [2.05, 4.69) is 28.7 Å². The van der Waals surface area contributed by atoms with E-state index >= 15 is 0 Å². The average Bonchev–Trinajstić information content (AvgIpc) is 3.09. The lowest BCUT2D eigenvalue weighted by molar-refractivity contribution is 0.0697. The highest BCUT2D eigenvalue weighted by atomic mass is 127. The number of aromatic carboxylic acids is 1. The van der Waals surface area contributed by atoms with Crippen molar-refractivity contribution in [1.29, 1.82) is 5.26 Å². The molecule has 0 amide bonds. The molecule has 0 bridgehead atoms. The van der Waals surface area contributed by atoms with E-state index in [1.807, 2.05) is 24.3 Å². The second kappa shape index (κ2) is 7.36. The Morgan fingerprint density at radius 2 is 1.80 bits per heavy atom. The van der Waals surface area contributed by atoms with E-state index in [9.17, 15) is 15.2 Å². The minimum absolute atomic E-state index is 0.172. The zero-order valence-electron chi connectivity index (χ0n) is 12.9. The fourth-order valence-corrected chi connectivity index (χ4v) is 2.77. The molecule has 5 heteroatoms. The summed E-state index contributed by atoms with van der Waals surface area (Å²) in [4.78, 5) is 11.3. The number of allylic oxidation sites excluding steroid dienone is 1. The molecule has 0 aliphatic carbocycles. The molecular weight excluding hydrogens is 429 g/mol. The van der Waals surface area contributed by atoms with Crippen molar-refractivity contribution in [3.05, 3.63) is 81.1 Å². The molecule has 0 saturated carbocycles. The Morgan fingerprint density at radius 3 is 2.48 bits per heavy atom. The van der Waals surface area contributed by atoms with Gasteiger partial charge in [-0.3, -0.25) is 0 Å². The number of halogens is 1. The number of carboxylic acid groups (broad SMARTS) is 1. The number of hydrogen-bond acceptors (Lipinski definition) is 3. The summed E-state index contributed by atoms with van der Waals surface area (Å²) in [7, 11) is 0. The van der Waals surface area contributed by atoms with Crippen LogP contribution in [0.5, 0.6) is 0 Å². The first-order valence-corrected chi connectivity index (χ1v) is 8.46. The molecule has 1 aromatic heterocycles. The Balaban J connectivity index is 1.98. The maximum Gasteiger partial charge on any atom is 0.336 e. The Labute approximate surface area is 158 Å². The molecule has 0 saturated heterocycles. The number of nitrogens with zero attached hydrogens (tertiary/aromatic N) is 1. The standard InChI is InChI=1S/C20H12INO3/c21-15-7-5-13(6-8-15)14(12-22)11-16-9-10-19(25-16)17-3-1-2-4-18(17)20(23)24/h1-11H,(H,23,24)/b14-11-. The second-order valence-electron chi connectivity index (χ2n) is 5.23. The fraction of sp³-hybridized carbons (Fsp3) is 0. The average molecular weight is 441 g/mol. The van der Waals surface area contributed by atoms with Gasteiger partial charge in [0.1, 0.15) is 11.5 Å². The maximum absolute atomic E-state index is 11.3. The first-order chi connectivity index (χ1) is 12.1. The summed E-state index contributed by atoms with van der Waals surface area (Å²) in [5.74, 6) is -0.0739. The quantitative estimate of drug-likeness (QED) is 0.440. The summed E-state index contributed by atoms with van der Waals surface area (Å²) in [6.07, 6.45) is 1.65. The highest BCUT2D eigenvalue weighted by molar-refractivity contribution is 14.1. The monoisotopic (exact) mass is 441 g/mol. The molecule has 0 fully saturated rings. The van der Waals surface area contributed by atoms with Gasteiger partial charge >= 0.3 is 5.97 Å². The molecule has 2 aromatic carbocycles. The van der Waals surface area contributed by atoms with Gasteiger partial charge in [0, 0.05) is 9.13 Å². The van der Waals surface area contributed by atoms with Gasteiger partial charge in [0.05, 0.1) is 17.2 Å². The molecule has 0 spiro atoms. The number of carboxylic acids is 1. The van der Waals surface area contributed by atoms with E-state index in [1.54, 1.807) is 36.4 Å². The predicted octanol–water partition coefficient (Wildman–Crippen LogP) is 5.31. The molecule has 122 valence electrons. The van der Waals surface area contributed by atoms with Crippen molar-refractivity contribution in [1.82, 2.24) is 0 Å². The van der Waals surface area contributed by atoms with Crippen LogP contribution in [0.15, 0.2) is 65.1 Å². The lowest BCUT2D eigenvalue weighted by atomic mass is 10.1. The van der Waals surface area contributed by atoms with Crippen molar-refractivity contribution in [3.8, 4) is 17.4 Å². The molecule has 3 aromatic rings. The third-order valence-electron chi connectivity index (χ3n) is 3.61. The topological polar surface area (TPSA) is 74.2 Å². The SMILES string of the molecule is N#C/C(=C/c1ccc(-c2ccccc2C(=O)O)o1)c1ccc(I)cc1. The van der Waals surface area contributed by atoms with Gasteiger partial charge in [0.15, 0.2) is 0 Å². The summed E-state index contributed by atoms with van der Waals surface area (Å²) >= 11 is 2.20. The minimum Gasteiger partial charge on any atom is -0.478 e. The highest BCUT2D eigenvalue weighted by Gasteiger charge is 2.14. The van der Waals surface area contributed by atoms with Gasteiger partial charge in [-0.05, 0) is 64.6 Å². The van der Waals surface area contributed by atoms with Crippen molar-refractivity contribution >= 4 is 40.2 Å². The predicted molar refractivity (Wildman–Crippen MR) is 104 cm³/mol. The second-order valence-corrected chi connectivity index (χ2v) is 6.48. The largest absolute Gasteiger partial charge is 0.478 e. The van der Waals surface area contributed by atoms with Gasteiger partial charge in [-0.2, -0.15) is 5.26 Å². The summed E-state index contributed by atoms with van der Waals surface area (Å²) < 4.78 is 6.83. The molecule has 4 nitrogen and oxygen atoms in total. The highest BCUT2D eigenvalue weighted by Crippen LogP contribution is 2.28. The van der Waals surface area contributed by atoms with Crippen molar-refractivity contribution in [2.75, 3.05) is 0 Å². The molecule has 0 atom stereocenters. The number of carbonyl (C=O) groups is 1. The fourth-order valence-electron chi connectivity index (χ4n) is 2.41. The molecule has 3 rings (SSSR count). The Hall–Kier alpha value is -2.85. The number of benzene rings is 2. The molecule has 0 radical (unpaired) electrons. The van der Waals surface area contributed by atoms with Gasteiger partial charge in [0.2, 0.25) is 0 Å². The Bertz CT molecular complexity index is 994. The van der Waals surface area contributed by atoms with Crippen LogP contribution in [0.25, 0.3) is 23.0 Å². The van der Waals surface area contributed by atoms with E-state index in [-0.39, 0.29) is 5.56 Å². The van der Waals surface area contributed by atoms with Crippen LogP contribution < -0.4 is 0 Å². The van der Waals surface area contributed by atoms with Crippen LogP contribution in [-0.2, 0) is 0 Å². The normalized spacial score (nSPS) is 11.1. The summed E-state index contributed by atoms with van der Waals surface area (Å²) in [5, 5.41) is 18.7.